The molecular weight excluding hydrogens is 377 g/mol. The third-order valence-electron chi connectivity index (χ3n) is 3.60. The van der Waals surface area contributed by atoms with Crippen molar-refractivity contribution in [2.75, 3.05) is 12.5 Å². The van der Waals surface area contributed by atoms with E-state index < -0.39 is 33.7 Å². The molecule has 2 aromatic carbocycles. The van der Waals surface area contributed by atoms with E-state index in [-0.39, 0.29) is 55.5 Å². The second-order valence-corrected chi connectivity index (χ2v) is 7.88. The number of fused-ring (bicyclic) bond motifs is 2. The molecule has 2 unspecified atom stereocenters. The van der Waals surface area contributed by atoms with Crippen LogP contribution in [0, 0.1) is 0 Å². The van der Waals surface area contributed by atoms with E-state index in [1.54, 1.807) is 0 Å². The van der Waals surface area contributed by atoms with Gasteiger partial charge in [0.15, 0.2) is 10.5 Å². The van der Waals surface area contributed by atoms with Gasteiger partial charge in [-0.15, -0.1) is 0 Å². The van der Waals surface area contributed by atoms with Gasteiger partial charge in [-0.3, -0.25) is 4.79 Å². The van der Waals surface area contributed by atoms with Crippen LogP contribution in [0.15, 0.2) is 49.3 Å². The zero-order chi connectivity index (χ0) is 17.6. The van der Waals surface area contributed by atoms with Gasteiger partial charge in [-0.25, -0.2) is 4.79 Å². The molecular formula is C16H14MgO6S2. The van der Waals surface area contributed by atoms with E-state index >= 15 is 0 Å². The highest BCUT2D eigenvalue weighted by atomic mass is 32.2. The van der Waals surface area contributed by atoms with Crippen molar-refractivity contribution in [2.24, 2.45) is 0 Å². The van der Waals surface area contributed by atoms with Crippen molar-refractivity contribution in [2.45, 2.75) is 9.79 Å². The van der Waals surface area contributed by atoms with Crippen molar-refractivity contribution >= 4 is 73.3 Å². The van der Waals surface area contributed by atoms with Crippen LogP contribution in [0.2, 0.25) is 0 Å². The van der Waals surface area contributed by atoms with Gasteiger partial charge in [-0.05, 0) is 40.6 Å². The zero-order valence-electron chi connectivity index (χ0n) is 12.7. The number of hydrogen-bond acceptors (Lipinski definition) is 5. The molecule has 1 N–H and O–H groups in total. The lowest BCUT2D eigenvalue weighted by Crippen LogP contribution is -2.09. The Morgan fingerprint density at radius 2 is 1.76 bits per heavy atom. The largest absolute Gasteiger partial charge is 0.612 e. The molecule has 25 heavy (non-hydrogen) atoms. The van der Waals surface area contributed by atoms with E-state index in [4.69, 9.17) is 9.52 Å². The van der Waals surface area contributed by atoms with Crippen LogP contribution in [-0.2, 0) is 22.4 Å². The molecule has 1 heterocycles. The number of benzene rings is 2. The first kappa shape index (κ1) is 20.1. The normalized spacial score (nSPS) is 13.4. The molecule has 3 rings (SSSR count). The Hall–Kier alpha value is -1.23. The molecule has 0 fully saturated rings. The average molecular weight is 391 g/mol. The maximum absolute atomic E-state index is 12.8. The van der Waals surface area contributed by atoms with Crippen LogP contribution in [0.5, 0.6) is 0 Å². The standard InChI is InChI=1S/C16H12O6S2.Mg.2H/c1-23(20)9-6-11-14(17)10-5-8(16(18)19)3-4-12(10)22-15(11)13(7-9)24(2)21;;;/h3-7H,1-2H3,(H,18,19);;;. The average Bonchev–Trinajstić information content (AvgIpc) is 2.53. The molecule has 128 valence electrons. The molecule has 0 amide bonds. The minimum Gasteiger partial charge on any atom is -0.612 e. The summed E-state index contributed by atoms with van der Waals surface area (Å²) in [5, 5.41) is 9.30. The smallest absolute Gasteiger partial charge is 0.335 e. The quantitative estimate of drug-likeness (QED) is 0.408. The van der Waals surface area contributed by atoms with Gasteiger partial charge in [0.2, 0.25) is 10.3 Å². The highest BCUT2D eigenvalue weighted by molar-refractivity contribution is 7.91. The second-order valence-electron chi connectivity index (χ2n) is 5.15. The molecule has 3 aromatic rings. The fourth-order valence-corrected chi connectivity index (χ4v) is 3.76. The lowest BCUT2D eigenvalue weighted by molar-refractivity contribution is 0.0697. The van der Waals surface area contributed by atoms with Gasteiger partial charge in [-0.2, -0.15) is 0 Å². The lowest BCUT2D eigenvalue weighted by atomic mass is 10.1. The SMILES string of the molecule is C[S+]([O-])c1cc([S+](C)[O-])c2oc3ccc(C(=O)O)cc3c(=O)c2c1.[MgH2]. The first-order valence-corrected chi connectivity index (χ1v) is 9.86. The molecule has 0 saturated heterocycles. The first-order valence-electron chi connectivity index (χ1n) is 6.74. The predicted molar refractivity (Wildman–Crippen MR) is 100 cm³/mol. The number of carboxylic acid groups (broad SMARTS) is 1. The Morgan fingerprint density at radius 1 is 1.08 bits per heavy atom. The van der Waals surface area contributed by atoms with Crippen molar-refractivity contribution in [1.29, 1.82) is 0 Å². The summed E-state index contributed by atoms with van der Waals surface area (Å²) in [6.07, 6.45) is 2.89. The maximum Gasteiger partial charge on any atom is 0.335 e. The zero-order valence-corrected chi connectivity index (χ0v) is 14.3. The van der Waals surface area contributed by atoms with E-state index in [2.05, 4.69) is 0 Å². The minimum atomic E-state index is -1.45. The molecule has 0 aliphatic carbocycles. The minimum absolute atomic E-state index is 0. The van der Waals surface area contributed by atoms with Crippen LogP contribution in [0.3, 0.4) is 0 Å². The second kappa shape index (κ2) is 7.56. The number of hydrogen-bond donors (Lipinski definition) is 1. The van der Waals surface area contributed by atoms with Crippen LogP contribution in [0.1, 0.15) is 10.4 Å². The summed E-state index contributed by atoms with van der Waals surface area (Å²) in [6, 6.07) is 6.89. The van der Waals surface area contributed by atoms with E-state index in [0.717, 1.165) is 0 Å². The first-order chi connectivity index (χ1) is 11.3. The van der Waals surface area contributed by atoms with Crippen LogP contribution >= 0.6 is 0 Å². The van der Waals surface area contributed by atoms with Gasteiger partial charge < -0.3 is 18.6 Å². The number of carbonyl (C=O) groups is 1. The molecule has 6 nitrogen and oxygen atoms in total. The van der Waals surface area contributed by atoms with E-state index in [1.807, 2.05) is 0 Å². The van der Waals surface area contributed by atoms with Gasteiger partial charge in [0.25, 0.3) is 0 Å². The molecule has 0 aliphatic rings. The predicted octanol–water partition coefficient (Wildman–Crippen LogP) is 1.20. The molecule has 0 radical (unpaired) electrons. The Bertz CT molecular complexity index is 1030. The van der Waals surface area contributed by atoms with E-state index in [0.29, 0.717) is 4.90 Å². The molecule has 9 heteroatoms. The summed E-state index contributed by atoms with van der Waals surface area (Å²) in [7, 11) is 0. The van der Waals surface area contributed by atoms with E-state index in [1.165, 1.54) is 42.8 Å². The van der Waals surface area contributed by atoms with Crippen LogP contribution < -0.4 is 5.43 Å². The van der Waals surface area contributed by atoms with Gasteiger partial charge in [0.1, 0.15) is 18.1 Å². The Kier molecular flexibility index (Phi) is 6.07. The van der Waals surface area contributed by atoms with Gasteiger partial charge in [-0.1, -0.05) is 0 Å². The van der Waals surface area contributed by atoms with Crippen molar-refractivity contribution in [3.05, 3.63) is 46.1 Å². The summed E-state index contributed by atoms with van der Waals surface area (Å²) < 4.78 is 29.5. The summed E-state index contributed by atoms with van der Waals surface area (Å²) in [5.41, 5.74) is -0.128. The third-order valence-corrected chi connectivity index (χ3v) is 5.42. The van der Waals surface area contributed by atoms with Crippen molar-refractivity contribution in [3.63, 3.8) is 0 Å². The fraction of sp³-hybridized carbons (Fsp3) is 0.125. The summed E-state index contributed by atoms with van der Waals surface area (Å²) in [6.45, 7) is 0. The fourth-order valence-electron chi connectivity index (χ4n) is 2.41. The Balaban J connectivity index is 0.00000225. The number of carboxylic acids is 1. The van der Waals surface area contributed by atoms with Gasteiger partial charge >= 0.3 is 29.0 Å². The lowest BCUT2D eigenvalue weighted by Gasteiger charge is -2.11. The van der Waals surface area contributed by atoms with Crippen LogP contribution in [0.25, 0.3) is 21.9 Å². The molecule has 1 aromatic heterocycles. The number of rotatable bonds is 3. The van der Waals surface area contributed by atoms with Gasteiger partial charge in [0, 0.05) is 6.07 Å². The summed E-state index contributed by atoms with van der Waals surface area (Å²) in [4.78, 5) is 24.5. The highest BCUT2D eigenvalue weighted by Crippen LogP contribution is 2.28. The molecule has 2 atom stereocenters. The third kappa shape index (κ3) is 3.66. The summed E-state index contributed by atoms with van der Waals surface area (Å²) >= 11 is -2.83. The highest BCUT2D eigenvalue weighted by Gasteiger charge is 2.22. The topological polar surface area (TPSA) is 114 Å². The molecule has 0 bridgehead atoms. The van der Waals surface area contributed by atoms with Crippen LogP contribution in [-0.4, -0.2) is 55.7 Å². The number of aromatic carboxylic acids is 1. The maximum atomic E-state index is 12.8. The molecule has 0 saturated carbocycles. The van der Waals surface area contributed by atoms with Crippen molar-refractivity contribution in [3.8, 4) is 0 Å². The molecule has 0 spiro atoms. The van der Waals surface area contributed by atoms with Crippen molar-refractivity contribution < 1.29 is 23.4 Å². The van der Waals surface area contributed by atoms with E-state index in [9.17, 15) is 18.7 Å². The Labute approximate surface area is 164 Å². The molecule has 0 aliphatic heterocycles. The summed E-state index contributed by atoms with van der Waals surface area (Å²) in [5.74, 6) is -1.16. The van der Waals surface area contributed by atoms with Gasteiger partial charge in [0.05, 0.1) is 22.4 Å². The Morgan fingerprint density at radius 3 is 2.32 bits per heavy atom. The monoisotopic (exact) mass is 390 g/mol. The van der Waals surface area contributed by atoms with Crippen LogP contribution in [0.4, 0.5) is 0 Å². The van der Waals surface area contributed by atoms with Crippen molar-refractivity contribution in [1.82, 2.24) is 0 Å².